The fraction of sp³-hybridized carbons (Fsp3) is 0.500. The summed E-state index contributed by atoms with van der Waals surface area (Å²) >= 11 is 0. The van der Waals surface area contributed by atoms with Crippen LogP contribution in [0.2, 0.25) is 0 Å². The predicted molar refractivity (Wildman–Crippen MR) is 97.9 cm³/mol. The smallest absolute Gasteiger partial charge is 0.246 e. The van der Waals surface area contributed by atoms with E-state index in [1.807, 2.05) is 0 Å². The lowest BCUT2D eigenvalue weighted by atomic mass is 9.95. The first-order valence-electron chi connectivity index (χ1n) is 8.43. The molecule has 0 aliphatic heterocycles. The third-order valence-corrected chi connectivity index (χ3v) is 6.16. The van der Waals surface area contributed by atoms with Crippen LogP contribution in [0.1, 0.15) is 37.7 Å². The van der Waals surface area contributed by atoms with E-state index in [0.29, 0.717) is 5.56 Å². The standard InChI is InChI=1S/C18H26N2O4S/c1-20(2)25(22,23)17-13-14(9-11-16(17)24-3)10-12-18(21)19-15-7-5-4-6-8-15/h9-13,15H,4-8H2,1-3H3,(H,19,21). The normalized spacial score (nSPS) is 16.3. The van der Waals surface area contributed by atoms with Crippen LogP contribution in [-0.2, 0) is 14.8 Å². The van der Waals surface area contributed by atoms with Crippen molar-refractivity contribution in [2.24, 2.45) is 0 Å². The molecule has 0 radical (unpaired) electrons. The summed E-state index contributed by atoms with van der Waals surface area (Å²) in [7, 11) is 0.733. The molecule has 1 amide bonds. The van der Waals surface area contributed by atoms with Gasteiger partial charge in [-0.3, -0.25) is 4.79 Å². The van der Waals surface area contributed by atoms with Crippen molar-refractivity contribution in [3.63, 3.8) is 0 Å². The molecule has 1 fully saturated rings. The second kappa shape index (κ2) is 8.49. The molecule has 0 saturated heterocycles. The van der Waals surface area contributed by atoms with Crippen LogP contribution in [0.4, 0.5) is 0 Å². The van der Waals surface area contributed by atoms with Gasteiger partial charge in [-0.1, -0.05) is 25.3 Å². The second-order valence-electron chi connectivity index (χ2n) is 6.37. The van der Waals surface area contributed by atoms with Gasteiger partial charge in [0.2, 0.25) is 15.9 Å². The van der Waals surface area contributed by atoms with Gasteiger partial charge in [-0.25, -0.2) is 12.7 Å². The van der Waals surface area contributed by atoms with Gasteiger partial charge in [-0.05, 0) is 36.6 Å². The number of carbonyl (C=O) groups is 1. The van der Waals surface area contributed by atoms with E-state index >= 15 is 0 Å². The Hall–Kier alpha value is -1.86. The summed E-state index contributed by atoms with van der Waals surface area (Å²) in [6.07, 6.45) is 8.64. The molecule has 138 valence electrons. The van der Waals surface area contributed by atoms with Crippen LogP contribution in [0.5, 0.6) is 5.75 Å². The highest BCUT2D eigenvalue weighted by Gasteiger charge is 2.22. The van der Waals surface area contributed by atoms with Gasteiger partial charge in [0.05, 0.1) is 7.11 Å². The maximum atomic E-state index is 12.4. The summed E-state index contributed by atoms with van der Waals surface area (Å²) in [5.74, 6) is 0.122. The lowest BCUT2D eigenvalue weighted by molar-refractivity contribution is -0.117. The highest BCUT2D eigenvalue weighted by molar-refractivity contribution is 7.89. The zero-order valence-corrected chi connectivity index (χ0v) is 15.8. The molecule has 1 N–H and O–H groups in total. The maximum absolute atomic E-state index is 12.4. The van der Waals surface area contributed by atoms with Crippen LogP contribution < -0.4 is 10.1 Å². The molecule has 7 heteroatoms. The van der Waals surface area contributed by atoms with Gasteiger partial charge < -0.3 is 10.1 Å². The largest absolute Gasteiger partial charge is 0.495 e. The first-order valence-corrected chi connectivity index (χ1v) is 9.87. The van der Waals surface area contributed by atoms with Crippen molar-refractivity contribution >= 4 is 22.0 Å². The van der Waals surface area contributed by atoms with Crippen LogP contribution in [0.3, 0.4) is 0 Å². The SMILES string of the molecule is COc1ccc(C=CC(=O)NC2CCCCC2)cc1S(=O)(=O)N(C)C. The number of carbonyl (C=O) groups excluding carboxylic acids is 1. The van der Waals surface area contributed by atoms with Crippen LogP contribution in [0, 0.1) is 0 Å². The van der Waals surface area contributed by atoms with E-state index in [-0.39, 0.29) is 22.6 Å². The van der Waals surface area contributed by atoms with Crippen molar-refractivity contribution in [2.45, 2.75) is 43.0 Å². The van der Waals surface area contributed by atoms with E-state index in [0.717, 1.165) is 30.0 Å². The van der Waals surface area contributed by atoms with Crippen molar-refractivity contribution in [2.75, 3.05) is 21.2 Å². The monoisotopic (exact) mass is 366 g/mol. The fourth-order valence-corrected chi connectivity index (χ4v) is 3.95. The number of hydrogen-bond donors (Lipinski definition) is 1. The molecule has 0 bridgehead atoms. The predicted octanol–water partition coefficient (Wildman–Crippen LogP) is 2.41. The lowest BCUT2D eigenvalue weighted by Crippen LogP contribution is -2.34. The topological polar surface area (TPSA) is 75.7 Å². The molecule has 0 aromatic heterocycles. The van der Waals surface area contributed by atoms with E-state index in [1.54, 1.807) is 18.2 Å². The minimum atomic E-state index is -3.63. The summed E-state index contributed by atoms with van der Waals surface area (Å²) in [6.45, 7) is 0. The average molecular weight is 366 g/mol. The third-order valence-electron chi connectivity index (χ3n) is 4.33. The first kappa shape index (κ1) is 19.5. The Labute approximate surface area is 149 Å². The average Bonchev–Trinajstić information content (AvgIpc) is 2.60. The number of ether oxygens (including phenoxy) is 1. The molecule has 2 rings (SSSR count). The van der Waals surface area contributed by atoms with E-state index in [1.165, 1.54) is 39.8 Å². The molecular weight excluding hydrogens is 340 g/mol. The van der Waals surface area contributed by atoms with Crippen LogP contribution >= 0.6 is 0 Å². The van der Waals surface area contributed by atoms with Crippen molar-refractivity contribution in [3.8, 4) is 5.75 Å². The highest BCUT2D eigenvalue weighted by Crippen LogP contribution is 2.27. The Kier molecular flexibility index (Phi) is 6.61. The number of amides is 1. The molecule has 25 heavy (non-hydrogen) atoms. The molecule has 1 aromatic carbocycles. The lowest BCUT2D eigenvalue weighted by Gasteiger charge is -2.21. The molecule has 0 heterocycles. The minimum Gasteiger partial charge on any atom is -0.495 e. The number of sulfonamides is 1. The van der Waals surface area contributed by atoms with Crippen LogP contribution in [0.15, 0.2) is 29.2 Å². The van der Waals surface area contributed by atoms with Gasteiger partial charge in [0.1, 0.15) is 10.6 Å². The molecule has 1 aliphatic rings. The molecule has 1 aliphatic carbocycles. The van der Waals surface area contributed by atoms with E-state index in [9.17, 15) is 13.2 Å². The number of hydrogen-bond acceptors (Lipinski definition) is 4. The van der Waals surface area contributed by atoms with Gasteiger partial charge in [0.25, 0.3) is 0 Å². The molecule has 0 spiro atoms. The summed E-state index contributed by atoms with van der Waals surface area (Å²) < 4.78 is 31.1. The third kappa shape index (κ3) is 5.06. The molecule has 0 atom stereocenters. The Bertz CT molecular complexity index is 735. The number of benzene rings is 1. The van der Waals surface area contributed by atoms with E-state index < -0.39 is 10.0 Å². The van der Waals surface area contributed by atoms with Crippen molar-refractivity contribution in [1.82, 2.24) is 9.62 Å². The van der Waals surface area contributed by atoms with Gasteiger partial charge >= 0.3 is 0 Å². The van der Waals surface area contributed by atoms with Crippen LogP contribution in [-0.4, -0.2) is 45.9 Å². The number of methoxy groups -OCH3 is 1. The maximum Gasteiger partial charge on any atom is 0.246 e. The van der Waals surface area contributed by atoms with Crippen molar-refractivity contribution in [3.05, 3.63) is 29.8 Å². The van der Waals surface area contributed by atoms with Crippen molar-refractivity contribution in [1.29, 1.82) is 0 Å². The van der Waals surface area contributed by atoms with Gasteiger partial charge in [0, 0.05) is 26.2 Å². The summed E-state index contributed by atoms with van der Waals surface area (Å²) in [6, 6.07) is 5.07. The summed E-state index contributed by atoms with van der Waals surface area (Å²) in [5, 5.41) is 3.00. The first-order chi connectivity index (χ1) is 11.8. The van der Waals surface area contributed by atoms with Crippen molar-refractivity contribution < 1.29 is 17.9 Å². The number of rotatable bonds is 6. The van der Waals surface area contributed by atoms with Crippen LogP contribution in [0.25, 0.3) is 6.08 Å². The van der Waals surface area contributed by atoms with Gasteiger partial charge in [-0.15, -0.1) is 0 Å². The molecular formula is C18H26N2O4S. The van der Waals surface area contributed by atoms with Gasteiger partial charge in [-0.2, -0.15) is 0 Å². The molecule has 0 unspecified atom stereocenters. The zero-order chi connectivity index (χ0) is 18.4. The fourth-order valence-electron chi connectivity index (χ4n) is 2.86. The molecule has 1 saturated carbocycles. The summed E-state index contributed by atoms with van der Waals surface area (Å²) in [5.41, 5.74) is 0.625. The molecule has 6 nitrogen and oxygen atoms in total. The number of nitrogens with one attached hydrogen (secondary N) is 1. The second-order valence-corrected chi connectivity index (χ2v) is 8.49. The minimum absolute atomic E-state index is 0.0786. The Morgan fingerprint density at radius 1 is 1.24 bits per heavy atom. The zero-order valence-electron chi connectivity index (χ0n) is 15.0. The highest BCUT2D eigenvalue weighted by atomic mass is 32.2. The Morgan fingerprint density at radius 2 is 1.92 bits per heavy atom. The molecule has 1 aromatic rings. The Morgan fingerprint density at radius 3 is 2.52 bits per heavy atom. The van der Waals surface area contributed by atoms with Gasteiger partial charge in [0.15, 0.2) is 0 Å². The number of nitrogens with zero attached hydrogens (tertiary/aromatic N) is 1. The van der Waals surface area contributed by atoms with E-state index in [2.05, 4.69) is 5.32 Å². The Balaban J connectivity index is 2.15. The summed E-state index contributed by atoms with van der Waals surface area (Å²) in [4.78, 5) is 12.1. The van der Waals surface area contributed by atoms with E-state index in [4.69, 9.17) is 4.74 Å². The quantitative estimate of drug-likeness (QED) is 0.785.